The van der Waals surface area contributed by atoms with Crippen LogP contribution in [0.2, 0.25) is 0 Å². The second-order valence-electron chi connectivity index (χ2n) is 5.01. The van der Waals surface area contributed by atoms with Crippen LogP contribution in [0.25, 0.3) is 0 Å². The zero-order valence-corrected chi connectivity index (χ0v) is 11.9. The van der Waals surface area contributed by atoms with Gasteiger partial charge in [-0.2, -0.15) is 4.31 Å². The van der Waals surface area contributed by atoms with Crippen molar-refractivity contribution in [3.8, 4) is 0 Å². The molecule has 7 nitrogen and oxygen atoms in total. The Hall–Kier alpha value is -1.51. The third kappa shape index (κ3) is 2.67. The zero-order chi connectivity index (χ0) is 14.9. The van der Waals surface area contributed by atoms with Crippen LogP contribution in [0.1, 0.15) is 13.3 Å². The van der Waals surface area contributed by atoms with Gasteiger partial charge in [-0.05, 0) is 37.9 Å². The van der Waals surface area contributed by atoms with Gasteiger partial charge in [-0.1, -0.05) is 0 Å². The fourth-order valence-electron chi connectivity index (χ4n) is 2.49. The van der Waals surface area contributed by atoms with Gasteiger partial charge in [0.2, 0.25) is 10.0 Å². The summed E-state index contributed by atoms with van der Waals surface area (Å²) in [6.07, 6.45) is 0.739. The van der Waals surface area contributed by atoms with Gasteiger partial charge in [0.15, 0.2) is 0 Å². The summed E-state index contributed by atoms with van der Waals surface area (Å²) in [4.78, 5) is 10.1. The second-order valence-corrected chi connectivity index (χ2v) is 6.90. The van der Waals surface area contributed by atoms with Crippen LogP contribution in [0.5, 0.6) is 0 Å². The SMILES string of the molecule is C[C@@H]1C[C@H](CN)CN1S(=O)(=O)c1ccc([N+](=O)[O-])cc1. The molecule has 1 aromatic rings. The molecule has 0 saturated carbocycles. The second kappa shape index (κ2) is 5.47. The number of rotatable bonds is 4. The smallest absolute Gasteiger partial charge is 0.269 e. The Morgan fingerprint density at radius 1 is 1.40 bits per heavy atom. The van der Waals surface area contributed by atoms with Gasteiger partial charge in [0, 0.05) is 24.7 Å². The minimum atomic E-state index is -3.62. The highest BCUT2D eigenvalue weighted by molar-refractivity contribution is 7.89. The normalized spacial score (nSPS) is 23.9. The minimum absolute atomic E-state index is 0.0765. The van der Waals surface area contributed by atoms with Gasteiger partial charge in [0.05, 0.1) is 9.82 Å². The van der Waals surface area contributed by atoms with Crippen molar-refractivity contribution in [1.29, 1.82) is 0 Å². The molecule has 2 N–H and O–H groups in total. The molecular formula is C12H17N3O4S. The molecule has 110 valence electrons. The summed E-state index contributed by atoms with van der Waals surface area (Å²) in [6, 6.07) is 4.84. The molecule has 1 aliphatic heterocycles. The standard InChI is InChI=1S/C12H17N3O4S/c1-9-6-10(7-13)8-14(9)20(18,19)12-4-2-11(3-5-12)15(16)17/h2-5,9-10H,6-8,13H2,1H3/t9-,10-/m1/s1. The Kier molecular flexibility index (Phi) is 4.07. The third-order valence-corrected chi connectivity index (χ3v) is 5.59. The number of nitro benzene ring substituents is 1. The van der Waals surface area contributed by atoms with Crippen molar-refractivity contribution in [2.45, 2.75) is 24.3 Å². The fraction of sp³-hybridized carbons (Fsp3) is 0.500. The quantitative estimate of drug-likeness (QED) is 0.658. The molecular weight excluding hydrogens is 282 g/mol. The van der Waals surface area contributed by atoms with E-state index in [0.717, 1.165) is 6.42 Å². The van der Waals surface area contributed by atoms with Crippen molar-refractivity contribution in [3.63, 3.8) is 0 Å². The number of non-ortho nitro benzene ring substituents is 1. The lowest BCUT2D eigenvalue weighted by atomic mass is 10.1. The molecule has 1 fully saturated rings. The van der Waals surface area contributed by atoms with E-state index in [1.807, 2.05) is 6.92 Å². The molecule has 1 aromatic carbocycles. The Bertz CT molecular complexity index is 600. The first-order valence-corrected chi connectivity index (χ1v) is 7.76. The van der Waals surface area contributed by atoms with E-state index in [1.165, 1.54) is 28.6 Å². The van der Waals surface area contributed by atoms with Crippen molar-refractivity contribution in [2.75, 3.05) is 13.1 Å². The van der Waals surface area contributed by atoms with E-state index in [-0.39, 0.29) is 22.5 Å². The zero-order valence-electron chi connectivity index (χ0n) is 11.1. The van der Waals surface area contributed by atoms with E-state index < -0.39 is 14.9 Å². The predicted molar refractivity (Wildman–Crippen MR) is 73.6 cm³/mol. The van der Waals surface area contributed by atoms with Gasteiger partial charge in [-0.15, -0.1) is 0 Å². The molecule has 0 bridgehead atoms. The average Bonchev–Trinajstić information content (AvgIpc) is 2.81. The molecule has 2 atom stereocenters. The number of nitrogens with two attached hydrogens (primary N) is 1. The number of hydrogen-bond acceptors (Lipinski definition) is 5. The van der Waals surface area contributed by atoms with Crippen LogP contribution < -0.4 is 5.73 Å². The highest BCUT2D eigenvalue weighted by Gasteiger charge is 2.37. The first-order valence-electron chi connectivity index (χ1n) is 6.32. The molecule has 0 radical (unpaired) electrons. The number of hydrogen-bond donors (Lipinski definition) is 1. The maximum Gasteiger partial charge on any atom is 0.269 e. The van der Waals surface area contributed by atoms with Crippen molar-refractivity contribution in [2.24, 2.45) is 11.7 Å². The Balaban J connectivity index is 2.28. The van der Waals surface area contributed by atoms with E-state index in [2.05, 4.69) is 0 Å². The van der Waals surface area contributed by atoms with Crippen LogP contribution in [0, 0.1) is 16.0 Å². The molecule has 0 unspecified atom stereocenters. The van der Waals surface area contributed by atoms with Crippen LogP contribution in [0.3, 0.4) is 0 Å². The lowest BCUT2D eigenvalue weighted by molar-refractivity contribution is -0.384. The minimum Gasteiger partial charge on any atom is -0.330 e. The molecule has 0 aliphatic carbocycles. The predicted octanol–water partition coefficient (Wildman–Crippen LogP) is 0.953. The largest absolute Gasteiger partial charge is 0.330 e. The Labute approximate surface area is 117 Å². The molecule has 0 spiro atoms. The summed E-state index contributed by atoms with van der Waals surface area (Å²) < 4.78 is 26.4. The van der Waals surface area contributed by atoms with Crippen LogP contribution in [-0.4, -0.2) is 36.8 Å². The molecule has 1 heterocycles. The lowest BCUT2D eigenvalue weighted by Crippen LogP contribution is -2.34. The molecule has 0 aromatic heterocycles. The van der Waals surface area contributed by atoms with E-state index >= 15 is 0 Å². The number of nitro groups is 1. The Morgan fingerprint density at radius 3 is 2.45 bits per heavy atom. The number of sulfonamides is 1. The summed E-state index contributed by atoms with van der Waals surface area (Å²) in [6.45, 7) is 2.70. The van der Waals surface area contributed by atoms with Gasteiger partial charge < -0.3 is 5.73 Å². The van der Waals surface area contributed by atoms with Crippen LogP contribution in [0.15, 0.2) is 29.2 Å². The molecule has 0 amide bonds. The Morgan fingerprint density at radius 2 is 2.00 bits per heavy atom. The lowest BCUT2D eigenvalue weighted by Gasteiger charge is -2.20. The molecule has 20 heavy (non-hydrogen) atoms. The molecule has 1 saturated heterocycles. The van der Waals surface area contributed by atoms with E-state index in [9.17, 15) is 18.5 Å². The summed E-state index contributed by atoms with van der Waals surface area (Å²) in [7, 11) is -3.62. The molecule has 1 aliphatic rings. The monoisotopic (exact) mass is 299 g/mol. The first kappa shape index (κ1) is 14.9. The fourth-order valence-corrected chi connectivity index (χ4v) is 4.21. The third-order valence-electron chi connectivity index (χ3n) is 3.59. The molecule has 8 heteroatoms. The summed E-state index contributed by atoms with van der Waals surface area (Å²) in [5.74, 6) is 0.165. The maximum absolute atomic E-state index is 12.5. The van der Waals surface area contributed by atoms with E-state index in [1.54, 1.807) is 0 Å². The molecule has 2 rings (SSSR count). The highest BCUT2D eigenvalue weighted by Crippen LogP contribution is 2.29. The van der Waals surface area contributed by atoms with E-state index in [0.29, 0.717) is 13.1 Å². The van der Waals surface area contributed by atoms with Gasteiger partial charge in [0.1, 0.15) is 0 Å². The van der Waals surface area contributed by atoms with Crippen LogP contribution in [0.4, 0.5) is 5.69 Å². The van der Waals surface area contributed by atoms with Crippen LogP contribution in [-0.2, 0) is 10.0 Å². The van der Waals surface area contributed by atoms with Crippen molar-refractivity contribution in [1.82, 2.24) is 4.31 Å². The van der Waals surface area contributed by atoms with Gasteiger partial charge in [-0.3, -0.25) is 10.1 Å². The summed E-state index contributed by atoms with van der Waals surface area (Å²) in [5.41, 5.74) is 5.47. The van der Waals surface area contributed by atoms with Gasteiger partial charge in [-0.25, -0.2) is 8.42 Å². The summed E-state index contributed by atoms with van der Waals surface area (Å²) >= 11 is 0. The highest BCUT2D eigenvalue weighted by atomic mass is 32.2. The van der Waals surface area contributed by atoms with Gasteiger partial charge in [0.25, 0.3) is 5.69 Å². The van der Waals surface area contributed by atoms with Crippen molar-refractivity contribution < 1.29 is 13.3 Å². The average molecular weight is 299 g/mol. The topological polar surface area (TPSA) is 107 Å². The number of benzene rings is 1. The van der Waals surface area contributed by atoms with Crippen molar-refractivity contribution >= 4 is 15.7 Å². The van der Waals surface area contributed by atoms with E-state index in [4.69, 9.17) is 5.73 Å². The summed E-state index contributed by atoms with van der Waals surface area (Å²) in [5, 5.41) is 10.6. The number of nitrogens with zero attached hydrogens (tertiary/aromatic N) is 2. The first-order chi connectivity index (χ1) is 9.36. The van der Waals surface area contributed by atoms with Crippen LogP contribution >= 0.6 is 0 Å². The van der Waals surface area contributed by atoms with Crippen molar-refractivity contribution in [3.05, 3.63) is 34.4 Å². The van der Waals surface area contributed by atoms with Gasteiger partial charge >= 0.3 is 0 Å². The maximum atomic E-state index is 12.5.